The topological polar surface area (TPSA) is 87.8 Å². The van der Waals surface area contributed by atoms with Crippen molar-refractivity contribution >= 4 is 16.0 Å². The fourth-order valence-electron chi connectivity index (χ4n) is 3.30. The Labute approximate surface area is 150 Å². The van der Waals surface area contributed by atoms with Crippen molar-refractivity contribution in [3.05, 3.63) is 29.8 Å². The van der Waals surface area contributed by atoms with Crippen LogP contribution in [0.3, 0.4) is 0 Å². The standard InChI is InChI=1S/C18H28N4O2S/c19-18(20-13-15-7-6-8-15)21-14-16-9-2-3-10-17(16)25(23,24)22-11-4-1-5-12-22/h2-3,9-10,15H,1,4-8,11-14H2,(H3,19,20,21). The summed E-state index contributed by atoms with van der Waals surface area (Å²) in [6, 6.07) is 7.10. The summed E-state index contributed by atoms with van der Waals surface area (Å²) in [4.78, 5) is 4.70. The molecular formula is C18H28N4O2S. The van der Waals surface area contributed by atoms with Crippen LogP contribution in [0.2, 0.25) is 0 Å². The van der Waals surface area contributed by atoms with Crippen molar-refractivity contribution in [1.82, 2.24) is 9.62 Å². The van der Waals surface area contributed by atoms with Crippen LogP contribution in [0.5, 0.6) is 0 Å². The van der Waals surface area contributed by atoms with E-state index in [9.17, 15) is 8.42 Å². The van der Waals surface area contributed by atoms with Crippen LogP contribution in [0.15, 0.2) is 34.2 Å². The third-order valence-corrected chi connectivity index (χ3v) is 7.12. The Kier molecular flexibility index (Phi) is 5.96. The first-order valence-electron chi connectivity index (χ1n) is 9.19. The van der Waals surface area contributed by atoms with Crippen LogP contribution in [-0.2, 0) is 16.6 Å². The Balaban J connectivity index is 1.69. The zero-order chi connectivity index (χ0) is 17.7. The fraction of sp³-hybridized carbons (Fsp3) is 0.611. The van der Waals surface area contributed by atoms with Crippen LogP contribution in [0, 0.1) is 5.92 Å². The molecule has 7 heteroatoms. The molecule has 1 aliphatic heterocycles. The second kappa shape index (κ2) is 8.19. The summed E-state index contributed by atoms with van der Waals surface area (Å²) in [5, 5.41) is 3.14. The van der Waals surface area contributed by atoms with Gasteiger partial charge in [0, 0.05) is 19.6 Å². The van der Waals surface area contributed by atoms with E-state index < -0.39 is 10.0 Å². The van der Waals surface area contributed by atoms with Crippen molar-refractivity contribution in [3.8, 4) is 0 Å². The van der Waals surface area contributed by atoms with Crippen LogP contribution >= 0.6 is 0 Å². The number of guanidine groups is 1. The van der Waals surface area contributed by atoms with Gasteiger partial charge in [-0.2, -0.15) is 4.31 Å². The Bertz CT molecular complexity index is 708. The predicted octanol–water partition coefficient (Wildman–Crippen LogP) is 2.07. The molecule has 0 amide bonds. The molecule has 0 unspecified atom stereocenters. The van der Waals surface area contributed by atoms with Crippen molar-refractivity contribution in [3.63, 3.8) is 0 Å². The van der Waals surface area contributed by atoms with Gasteiger partial charge in [-0.25, -0.2) is 13.4 Å². The van der Waals surface area contributed by atoms with E-state index in [2.05, 4.69) is 10.3 Å². The van der Waals surface area contributed by atoms with E-state index in [1.807, 2.05) is 12.1 Å². The normalized spacial score (nSPS) is 20.2. The number of benzene rings is 1. The SMILES string of the molecule is NC(=NCc1ccccc1S(=O)(=O)N1CCCCC1)NCC1CCC1. The number of hydrogen-bond acceptors (Lipinski definition) is 3. The van der Waals surface area contributed by atoms with E-state index >= 15 is 0 Å². The molecule has 0 spiro atoms. The molecule has 1 heterocycles. The number of piperidine rings is 1. The van der Waals surface area contributed by atoms with E-state index in [0.717, 1.165) is 25.8 Å². The van der Waals surface area contributed by atoms with Crippen LogP contribution < -0.4 is 11.1 Å². The van der Waals surface area contributed by atoms with Crippen LogP contribution in [0.4, 0.5) is 0 Å². The number of nitrogens with one attached hydrogen (secondary N) is 1. The molecule has 0 aromatic heterocycles. The monoisotopic (exact) mass is 364 g/mol. The van der Waals surface area contributed by atoms with Crippen molar-refractivity contribution in [2.75, 3.05) is 19.6 Å². The lowest BCUT2D eigenvalue weighted by atomic mass is 9.85. The maximum absolute atomic E-state index is 12.9. The lowest BCUT2D eigenvalue weighted by molar-refractivity contribution is 0.315. The molecule has 0 atom stereocenters. The van der Waals surface area contributed by atoms with E-state index in [-0.39, 0.29) is 6.54 Å². The van der Waals surface area contributed by atoms with Gasteiger partial charge in [0.15, 0.2) is 5.96 Å². The van der Waals surface area contributed by atoms with Crippen molar-refractivity contribution in [2.24, 2.45) is 16.6 Å². The fourth-order valence-corrected chi connectivity index (χ4v) is 5.03. The van der Waals surface area contributed by atoms with Crippen LogP contribution in [-0.4, -0.2) is 38.3 Å². The smallest absolute Gasteiger partial charge is 0.243 e. The molecule has 2 fully saturated rings. The number of rotatable bonds is 6. The van der Waals surface area contributed by atoms with Crippen molar-refractivity contribution in [1.29, 1.82) is 0 Å². The van der Waals surface area contributed by atoms with E-state index in [0.29, 0.717) is 35.4 Å². The summed E-state index contributed by atoms with van der Waals surface area (Å²) < 4.78 is 27.5. The first kappa shape index (κ1) is 18.2. The van der Waals surface area contributed by atoms with Gasteiger partial charge in [0.2, 0.25) is 10.0 Å². The van der Waals surface area contributed by atoms with E-state index in [4.69, 9.17) is 5.73 Å². The lowest BCUT2D eigenvalue weighted by Gasteiger charge is -2.26. The van der Waals surface area contributed by atoms with Gasteiger partial charge in [-0.05, 0) is 43.2 Å². The molecule has 1 saturated heterocycles. The maximum Gasteiger partial charge on any atom is 0.243 e. The van der Waals surface area contributed by atoms with Crippen molar-refractivity contribution < 1.29 is 8.42 Å². The molecule has 0 radical (unpaired) electrons. The minimum atomic E-state index is -3.46. The highest BCUT2D eigenvalue weighted by molar-refractivity contribution is 7.89. The highest BCUT2D eigenvalue weighted by Gasteiger charge is 2.27. The second-order valence-corrected chi connectivity index (χ2v) is 8.86. The molecule has 138 valence electrons. The average Bonchev–Trinajstić information content (AvgIpc) is 2.59. The van der Waals surface area contributed by atoms with Gasteiger partial charge in [0.25, 0.3) is 0 Å². The highest BCUT2D eigenvalue weighted by Crippen LogP contribution is 2.25. The quantitative estimate of drug-likeness (QED) is 0.597. The second-order valence-electron chi connectivity index (χ2n) is 6.95. The predicted molar refractivity (Wildman–Crippen MR) is 99.7 cm³/mol. The Morgan fingerprint density at radius 3 is 2.56 bits per heavy atom. The molecule has 3 rings (SSSR count). The molecule has 2 aliphatic rings. The summed E-state index contributed by atoms with van der Waals surface area (Å²) in [6.45, 7) is 2.33. The van der Waals surface area contributed by atoms with Crippen LogP contribution in [0.25, 0.3) is 0 Å². The molecular weight excluding hydrogens is 336 g/mol. The number of hydrogen-bond donors (Lipinski definition) is 2. The van der Waals surface area contributed by atoms with Gasteiger partial charge in [-0.1, -0.05) is 31.0 Å². The molecule has 6 nitrogen and oxygen atoms in total. The number of nitrogens with two attached hydrogens (primary N) is 1. The highest BCUT2D eigenvalue weighted by atomic mass is 32.2. The lowest BCUT2D eigenvalue weighted by Crippen LogP contribution is -2.37. The van der Waals surface area contributed by atoms with Crippen molar-refractivity contribution in [2.45, 2.75) is 50.0 Å². The molecule has 1 aromatic carbocycles. The average molecular weight is 365 g/mol. The Hall–Kier alpha value is -1.60. The van der Waals surface area contributed by atoms with Gasteiger partial charge in [-0.3, -0.25) is 0 Å². The summed E-state index contributed by atoms with van der Waals surface area (Å²) >= 11 is 0. The third-order valence-electron chi connectivity index (χ3n) is 5.12. The van der Waals surface area contributed by atoms with Gasteiger partial charge in [-0.15, -0.1) is 0 Å². The molecule has 3 N–H and O–H groups in total. The maximum atomic E-state index is 12.9. The van der Waals surface area contributed by atoms with Gasteiger partial charge >= 0.3 is 0 Å². The van der Waals surface area contributed by atoms with E-state index in [1.165, 1.54) is 19.3 Å². The van der Waals surface area contributed by atoms with Gasteiger partial charge in [0.05, 0.1) is 11.4 Å². The first-order valence-corrected chi connectivity index (χ1v) is 10.6. The minimum Gasteiger partial charge on any atom is -0.370 e. The minimum absolute atomic E-state index is 0.271. The van der Waals surface area contributed by atoms with E-state index in [1.54, 1.807) is 16.4 Å². The molecule has 1 aromatic rings. The van der Waals surface area contributed by atoms with Gasteiger partial charge < -0.3 is 11.1 Å². The summed E-state index contributed by atoms with van der Waals surface area (Å²) in [5.41, 5.74) is 6.63. The molecule has 25 heavy (non-hydrogen) atoms. The summed E-state index contributed by atoms with van der Waals surface area (Å²) in [7, 11) is -3.46. The summed E-state index contributed by atoms with van der Waals surface area (Å²) in [6.07, 6.45) is 6.75. The first-order chi connectivity index (χ1) is 12.1. The zero-order valence-corrected chi connectivity index (χ0v) is 15.5. The molecule has 1 saturated carbocycles. The van der Waals surface area contributed by atoms with Crippen LogP contribution in [0.1, 0.15) is 44.1 Å². The third kappa shape index (κ3) is 4.52. The molecule has 1 aliphatic carbocycles. The number of sulfonamides is 1. The number of aliphatic imine (C=N–C) groups is 1. The summed E-state index contributed by atoms with van der Waals surface area (Å²) in [5.74, 6) is 1.08. The molecule has 0 bridgehead atoms. The van der Waals surface area contributed by atoms with Gasteiger partial charge in [0.1, 0.15) is 0 Å². The Morgan fingerprint density at radius 2 is 1.88 bits per heavy atom. The largest absolute Gasteiger partial charge is 0.370 e. The number of nitrogens with zero attached hydrogens (tertiary/aromatic N) is 2. The Morgan fingerprint density at radius 1 is 1.16 bits per heavy atom. The zero-order valence-electron chi connectivity index (χ0n) is 14.7.